The Morgan fingerprint density at radius 1 is 1.03 bits per heavy atom. The number of ether oxygens (including phenoxy) is 2. The number of hydrogen-bond donors (Lipinski definition) is 1. The fourth-order valence-corrected chi connectivity index (χ4v) is 4.96. The summed E-state index contributed by atoms with van der Waals surface area (Å²) in [6, 6.07) is 19.8. The number of halogens is 1. The Hall–Kier alpha value is -3.10. The minimum Gasteiger partial charge on any atom is -0.497 e. The van der Waals surface area contributed by atoms with E-state index >= 15 is 0 Å². The van der Waals surface area contributed by atoms with Crippen molar-refractivity contribution in [2.24, 2.45) is 5.92 Å². The molecule has 1 N–H and O–H groups in total. The topological polar surface area (TPSA) is 72.1 Å². The van der Waals surface area contributed by atoms with Crippen LogP contribution in [0.2, 0.25) is 0 Å². The Balaban J connectivity index is 1.52. The molecule has 1 aliphatic rings. The molecule has 2 aromatic carbocycles. The fraction of sp³-hybridized carbons (Fsp3) is 0.333. The molecule has 0 spiro atoms. The summed E-state index contributed by atoms with van der Waals surface area (Å²) in [6.45, 7) is 1.55. The van der Waals surface area contributed by atoms with Crippen molar-refractivity contribution in [3.05, 3.63) is 76.9 Å². The van der Waals surface area contributed by atoms with Gasteiger partial charge in [-0.25, -0.2) is 0 Å². The number of anilines is 1. The van der Waals surface area contributed by atoms with E-state index in [9.17, 15) is 5.11 Å². The average Bonchev–Trinajstić information content (AvgIpc) is 3.26. The monoisotopic (exact) mass is 536 g/mol. The summed E-state index contributed by atoms with van der Waals surface area (Å²) in [5.41, 5.74) is 1.87. The highest BCUT2D eigenvalue weighted by atomic mass is 79.9. The molecule has 8 heteroatoms. The molecule has 182 valence electrons. The molecule has 2 aromatic heterocycles. The van der Waals surface area contributed by atoms with Gasteiger partial charge in [0.25, 0.3) is 0 Å². The number of benzene rings is 2. The first-order chi connectivity index (χ1) is 17.1. The molecule has 35 heavy (non-hydrogen) atoms. The van der Waals surface area contributed by atoms with Crippen molar-refractivity contribution in [1.82, 2.24) is 14.6 Å². The second kappa shape index (κ2) is 10.7. The van der Waals surface area contributed by atoms with Crippen molar-refractivity contribution < 1.29 is 14.6 Å². The van der Waals surface area contributed by atoms with Gasteiger partial charge in [-0.2, -0.15) is 14.6 Å². The standard InChI is InChI=1S/C27H29BrN4O3/c1-34-22-13-9-20(10-14-22)18-31(17-19-7-11-21(33)12-8-19)26-15-25(35-23-5-3-2-4-6-23)30-27-24(28)16-29-32(26)27/h2-6,9-10,13-16,19,21,33H,7-8,11-12,17-18H2,1H3. The summed E-state index contributed by atoms with van der Waals surface area (Å²) in [5.74, 6) is 3.47. The van der Waals surface area contributed by atoms with Crippen LogP contribution in [0.15, 0.2) is 71.3 Å². The van der Waals surface area contributed by atoms with Crippen LogP contribution in [0.1, 0.15) is 31.2 Å². The van der Waals surface area contributed by atoms with E-state index in [1.807, 2.05) is 53.0 Å². The minimum absolute atomic E-state index is 0.179. The number of aromatic nitrogens is 3. The Morgan fingerprint density at radius 3 is 2.49 bits per heavy atom. The van der Waals surface area contributed by atoms with Gasteiger partial charge in [0.2, 0.25) is 5.88 Å². The molecule has 0 aliphatic heterocycles. The molecule has 0 unspecified atom stereocenters. The lowest BCUT2D eigenvalue weighted by molar-refractivity contribution is 0.110. The molecule has 5 rings (SSSR count). The van der Waals surface area contributed by atoms with Crippen LogP contribution in [-0.4, -0.2) is 39.5 Å². The quantitative estimate of drug-likeness (QED) is 0.304. The molecular formula is C27H29BrN4O3. The predicted molar refractivity (Wildman–Crippen MR) is 139 cm³/mol. The van der Waals surface area contributed by atoms with Gasteiger partial charge in [0.05, 0.1) is 23.9 Å². The van der Waals surface area contributed by atoms with Crippen molar-refractivity contribution in [2.45, 2.75) is 38.3 Å². The molecule has 2 heterocycles. The summed E-state index contributed by atoms with van der Waals surface area (Å²) in [5, 5.41) is 14.6. The van der Waals surface area contributed by atoms with E-state index in [1.165, 1.54) is 5.56 Å². The smallest absolute Gasteiger partial charge is 0.224 e. The van der Waals surface area contributed by atoms with Crippen molar-refractivity contribution in [1.29, 1.82) is 0 Å². The SMILES string of the molecule is COc1ccc(CN(CC2CCC(O)CC2)c2cc(Oc3ccccc3)nc3c(Br)cnn23)cc1. The van der Waals surface area contributed by atoms with Crippen LogP contribution < -0.4 is 14.4 Å². The minimum atomic E-state index is -0.179. The van der Waals surface area contributed by atoms with Crippen LogP contribution in [0.25, 0.3) is 5.65 Å². The van der Waals surface area contributed by atoms with Crippen molar-refractivity contribution in [3.63, 3.8) is 0 Å². The molecule has 0 amide bonds. The number of methoxy groups -OCH3 is 1. The van der Waals surface area contributed by atoms with Gasteiger partial charge < -0.3 is 19.5 Å². The third-order valence-electron chi connectivity index (χ3n) is 6.50. The number of fused-ring (bicyclic) bond motifs is 1. The van der Waals surface area contributed by atoms with E-state index < -0.39 is 0 Å². The van der Waals surface area contributed by atoms with E-state index in [2.05, 4.69) is 38.1 Å². The zero-order valence-electron chi connectivity index (χ0n) is 19.7. The second-order valence-electron chi connectivity index (χ2n) is 9.00. The van der Waals surface area contributed by atoms with E-state index in [4.69, 9.17) is 14.5 Å². The van der Waals surface area contributed by atoms with Gasteiger partial charge in [0.15, 0.2) is 5.65 Å². The van der Waals surface area contributed by atoms with Crippen LogP contribution >= 0.6 is 15.9 Å². The molecule has 0 saturated heterocycles. The highest BCUT2D eigenvalue weighted by Crippen LogP contribution is 2.32. The summed E-state index contributed by atoms with van der Waals surface area (Å²) >= 11 is 3.60. The zero-order valence-corrected chi connectivity index (χ0v) is 21.3. The first kappa shape index (κ1) is 23.6. The largest absolute Gasteiger partial charge is 0.497 e. The molecule has 1 saturated carbocycles. The maximum Gasteiger partial charge on any atom is 0.224 e. The molecule has 0 bridgehead atoms. The lowest BCUT2D eigenvalue weighted by atomic mass is 9.87. The van der Waals surface area contributed by atoms with Crippen LogP contribution in [0.3, 0.4) is 0 Å². The van der Waals surface area contributed by atoms with Gasteiger partial charge in [-0.3, -0.25) is 0 Å². The molecular weight excluding hydrogens is 508 g/mol. The Labute approximate surface area is 213 Å². The third-order valence-corrected chi connectivity index (χ3v) is 7.06. The number of nitrogens with zero attached hydrogens (tertiary/aromatic N) is 4. The second-order valence-corrected chi connectivity index (χ2v) is 9.85. The van der Waals surface area contributed by atoms with E-state index in [0.717, 1.165) is 54.0 Å². The maximum absolute atomic E-state index is 10.0. The molecule has 1 aliphatic carbocycles. The normalized spacial score (nSPS) is 17.9. The number of rotatable bonds is 8. The van der Waals surface area contributed by atoms with Gasteiger partial charge in [-0.05, 0) is 77.4 Å². The van der Waals surface area contributed by atoms with Gasteiger partial charge in [-0.1, -0.05) is 30.3 Å². The summed E-state index contributed by atoms with van der Waals surface area (Å²) in [4.78, 5) is 7.06. The van der Waals surface area contributed by atoms with Gasteiger partial charge in [-0.15, -0.1) is 0 Å². The Morgan fingerprint density at radius 2 is 1.77 bits per heavy atom. The van der Waals surface area contributed by atoms with E-state index in [0.29, 0.717) is 24.0 Å². The first-order valence-corrected chi connectivity index (χ1v) is 12.7. The summed E-state index contributed by atoms with van der Waals surface area (Å²) < 4.78 is 14.2. The lowest BCUT2D eigenvalue weighted by Gasteiger charge is -2.33. The molecule has 1 fully saturated rings. The average molecular weight is 537 g/mol. The van der Waals surface area contributed by atoms with E-state index in [1.54, 1.807) is 13.3 Å². The number of aliphatic hydroxyl groups excluding tert-OH is 1. The third kappa shape index (κ3) is 5.60. The summed E-state index contributed by atoms with van der Waals surface area (Å²) in [7, 11) is 1.68. The number of hydrogen-bond acceptors (Lipinski definition) is 6. The Bertz CT molecular complexity index is 1250. The molecule has 7 nitrogen and oxygen atoms in total. The van der Waals surface area contributed by atoms with Gasteiger partial charge in [0.1, 0.15) is 17.3 Å². The lowest BCUT2D eigenvalue weighted by Crippen LogP contribution is -2.33. The summed E-state index contributed by atoms with van der Waals surface area (Å²) in [6.07, 6.45) is 5.29. The Kier molecular flexibility index (Phi) is 7.20. The predicted octanol–water partition coefficient (Wildman–Crippen LogP) is 5.85. The molecule has 0 radical (unpaired) electrons. The van der Waals surface area contributed by atoms with Crippen molar-refractivity contribution in [2.75, 3.05) is 18.6 Å². The molecule has 4 aromatic rings. The van der Waals surface area contributed by atoms with Crippen LogP contribution in [-0.2, 0) is 6.54 Å². The fourth-order valence-electron chi connectivity index (χ4n) is 4.61. The highest BCUT2D eigenvalue weighted by molar-refractivity contribution is 9.10. The number of para-hydroxylation sites is 1. The first-order valence-electron chi connectivity index (χ1n) is 11.9. The maximum atomic E-state index is 10.0. The van der Waals surface area contributed by atoms with Crippen LogP contribution in [0.5, 0.6) is 17.4 Å². The highest BCUT2D eigenvalue weighted by Gasteiger charge is 2.24. The van der Waals surface area contributed by atoms with Crippen molar-refractivity contribution >= 4 is 27.4 Å². The van der Waals surface area contributed by atoms with Crippen LogP contribution in [0.4, 0.5) is 5.82 Å². The zero-order chi connectivity index (χ0) is 24.2. The van der Waals surface area contributed by atoms with Crippen LogP contribution in [0, 0.1) is 5.92 Å². The number of aliphatic hydroxyl groups is 1. The molecule has 0 atom stereocenters. The van der Waals surface area contributed by atoms with Gasteiger partial charge >= 0.3 is 0 Å². The van der Waals surface area contributed by atoms with Gasteiger partial charge in [0, 0.05) is 19.2 Å². The van der Waals surface area contributed by atoms with E-state index in [-0.39, 0.29) is 6.10 Å². The van der Waals surface area contributed by atoms with Crippen molar-refractivity contribution in [3.8, 4) is 17.4 Å².